The number of rotatable bonds is 3. The van der Waals surface area contributed by atoms with E-state index in [0.717, 1.165) is 24.9 Å². The number of halogens is 3. The van der Waals surface area contributed by atoms with Gasteiger partial charge in [0.15, 0.2) is 0 Å². The molecule has 118 valence electrons. The lowest BCUT2D eigenvalue weighted by molar-refractivity contribution is -0.135. The molecule has 3 nitrogen and oxygen atoms in total. The molecule has 0 aromatic heterocycles. The number of piperidine rings is 1. The smallest absolute Gasteiger partial charge is 0.225 e. The third kappa shape index (κ3) is 5.33. The number of benzene rings is 1. The maximum absolute atomic E-state index is 12.5. The van der Waals surface area contributed by atoms with E-state index in [1.165, 1.54) is 0 Å². The molecule has 1 heterocycles. The topological polar surface area (TPSA) is 32.3 Å². The van der Waals surface area contributed by atoms with Crippen molar-refractivity contribution in [1.82, 2.24) is 10.2 Å². The highest BCUT2D eigenvalue weighted by Crippen LogP contribution is 2.22. The summed E-state index contributed by atoms with van der Waals surface area (Å²) >= 11 is 12.0. The average Bonchev–Trinajstić information content (AvgIpc) is 2.36. The second kappa shape index (κ2) is 8.23. The summed E-state index contributed by atoms with van der Waals surface area (Å²) in [5, 5.41) is 4.57. The van der Waals surface area contributed by atoms with Gasteiger partial charge in [-0.1, -0.05) is 23.2 Å². The van der Waals surface area contributed by atoms with Crippen molar-refractivity contribution in [3.63, 3.8) is 0 Å². The maximum atomic E-state index is 12.5. The Morgan fingerprint density at radius 1 is 1.33 bits per heavy atom. The van der Waals surface area contributed by atoms with Crippen LogP contribution in [0.4, 0.5) is 0 Å². The summed E-state index contributed by atoms with van der Waals surface area (Å²) in [5.74, 6) is 0.320. The highest BCUT2D eigenvalue weighted by atomic mass is 35.5. The Kier molecular flexibility index (Phi) is 7.28. The molecule has 21 heavy (non-hydrogen) atoms. The summed E-state index contributed by atoms with van der Waals surface area (Å²) in [5.41, 5.74) is 0.959. The Morgan fingerprint density at radius 2 is 1.95 bits per heavy atom. The van der Waals surface area contributed by atoms with Crippen LogP contribution < -0.4 is 5.32 Å². The van der Waals surface area contributed by atoms with E-state index in [1.807, 2.05) is 19.2 Å². The fourth-order valence-corrected chi connectivity index (χ4v) is 3.29. The van der Waals surface area contributed by atoms with Crippen molar-refractivity contribution in [3.8, 4) is 0 Å². The third-order valence-corrected chi connectivity index (χ3v) is 4.13. The normalized spacial score (nSPS) is 21.5. The lowest BCUT2D eigenvalue weighted by Crippen LogP contribution is -2.42. The van der Waals surface area contributed by atoms with Crippen LogP contribution in [0.5, 0.6) is 0 Å². The van der Waals surface area contributed by atoms with Crippen molar-refractivity contribution in [3.05, 3.63) is 33.8 Å². The molecular formula is C15H21Cl3N2O. The standard InChI is InChI=1S/C15H20Cl2N2O.ClH/c1-10-5-12(3-4-18-10)15(20)19(2)9-11-6-13(16)8-14(17)7-11;/h6-8,10,12,18H,3-5,9H2,1-2H3;1H/t10-,12-;/m0./s1. The zero-order valence-corrected chi connectivity index (χ0v) is 14.6. The minimum Gasteiger partial charge on any atom is -0.341 e. The monoisotopic (exact) mass is 350 g/mol. The lowest BCUT2D eigenvalue weighted by atomic mass is 9.92. The SMILES string of the molecule is C[C@H]1C[C@@H](C(=O)N(C)Cc2cc(Cl)cc(Cl)c2)CCN1.Cl. The molecule has 0 radical (unpaired) electrons. The van der Waals surface area contributed by atoms with E-state index in [1.54, 1.807) is 11.0 Å². The first-order valence-corrected chi connectivity index (χ1v) is 7.64. The fraction of sp³-hybridized carbons (Fsp3) is 0.533. The van der Waals surface area contributed by atoms with Gasteiger partial charge in [-0.3, -0.25) is 4.79 Å². The molecule has 1 N–H and O–H groups in total. The molecule has 1 fully saturated rings. The van der Waals surface area contributed by atoms with Crippen molar-refractivity contribution in [1.29, 1.82) is 0 Å². The van der Waals surface area contributed by atoms with Crippen LogP contribution in [-0.2, 0) is 11.3 Å². The largest absolute Gasteiger partial charge is 0.341 e. The predicted molar refractivity (Wildman–Crippen MR) is 90.4 cm³/mol. The van der Waals surface area contributed by atoms with Crippen molar-refractivity contribution in [2.75, 3.05) is 13.6 Å². The number of nitrogens with one attached hydrogen (secondary N) is 1. The van der Waals surface area contributed by atoms with Gasteiger partial charge in [0.2, 0.25) is 5.91 Å². The summed E-state index contributed by atoms with van der Waals surface area (Å²) in [6.07, 6.45) is 1.81. The second-order valence-corrected chi connectivity index (χ2v) is 6.42. The minimum absolute atomic E-state index is 0. The molecule has 1 aromatic carbocycles. The Balaban J connectivity index is 0.00000220. The highest BCUT2D eigenvalue weighted by molar-refractivity contribution is 6.34. The van der Waals surface area contributed by atoms with Crippen molar-refractivity contribution in [2.45, 2.75) is 32.4 Å². The molecule has 0 saturated carbocycles. The third-order valence-electron chi connectivity index (χ3n) is 3.69. The summed E-state index contributed by atoms with van der Waals surface area (Å²) in [4.78, 5) is 14.2. The predicted octanol–water partition coefficient (Wildman–Crippen LogP) is 3.76. The van der Waals surface area contributed by atoms with Gasteiger partial charge in [-0.25, -0.2) is 0 Å². The molecule has 1 amide bonds. The van der Waals surface area contributed by atoms with Crippen LogP contribution in [0.25, 0.3) is 0 Å². The summed E-state index contributed by atoms with van der Waals surface area (Å²) in [6.45, 7) is 3.57. The summed E-state index contributed by atoms with van der Waals surface area (Å²) < 4.78 is 0. The number of amides is 1. The first-order chi connectivity index (χ1) is 9.45. The average molecular weight is 352 g/mol. The van der Waals surface area contributed by atoms with E-state index in [-0.39, 0.29) is 24.2 Å². The Morgan fingerprint density at radius 3 is 2.52 bits per heavy atom. The van der Waals surface area contributed by atoms with Crippen LogP contribution in [0.2, 0.25) is 10.0 Å². The number of nitrogens with zero attached hydrogens (tertiary/aromatic N) is 1. The Hall–Kier alpha value is -0.480. The van der Waals surface area contributed by atoms with Crippen LogP contribution in [0.15, 0.2) is 18.2 Å². The number of carbonyl (C=O) groups is 1. The van der Waals surface area contributed by atoms with E-state index in [9.17, 15) is 4.79 Å². The molecule has 2 rings (SSSR count). The van der Waals surface area contributed by atoms with Gasteiger partial charge >= 0.3 is 0 Å². The molecule has 0 spiro atoms. The van der Waals surface area contributed by atoms with Crippen LogP contribution in [0.1, 0.15) is 25.3 Å². The van der Waals surface area contributed by atoms with Crippen LogP contribution in [0.3, 0.4) is 0 Å². The van der Waals surface area contributed by atoms with E-state index in [0.29, 0.717) is 22.6 Å². The van der Waals surface area contributed by atoms with Crippen LogP contribution >= 0.6 is 35.6 Å². The van der Waals surface area contributed by atoms with Gasteiger partial charge in [0.1, 0.15) is 0 Å². The van der Waals surface area contributed by atoms with Gasteiger partial charge in [0.25, 0.3) is 0 Å². The first-order valence-electron chi connectivity index (χ1n) is 6.89. The van der Waals surface area contributed by atoms with Gasteiger partial charge in [-0.05, 0) is 50.1 Å². The minimum atomic E-state index is 0. The number of carbonyl (C=O) groups excluding carboxylic acids is 1. The second-order valence-electron chi connectivity index (χ2n) is 5.55. The van der Waals surface area contributed by atoms with Gasteiger partial charge in [-0.2, -0.15) is 0 Å². The highest BCUT2D eigenvalue weighted by Gasteiger charge is 2.27. The number of hydrogen-bond acceptors (Lipinski definition) is 2. The van der Waals surface area contributed by atoms with E-state index < -0.39 is 0 Å². The van der Waals surface area contributed by atoms with Crippen LogP contribution in [-0.4, -0.2) is 30.4 Å². The fourth-order valence-electron chi connectivity index (χ4n) is 2.72. The molecule has 1 aromatic rings. The van der Waals surface area contributed by atoms with Crippen molar-refractivity contribution in [2.24, 2.45) is 5.92 Å². The quantitative estimate of drug-likeness (QED) is 0.899. The number of hydrogen-bond donors (Lipinski definition) is 1. The Bertz CT molecular complexity index is 476. The molecular weight excluding hydrogens is 331 g/mol. The lowest BCUT2D eigenvalue weighted by Gasteiger charge is -2.30. The molecule has 1 aliphatic heterocycles. The molecule has 1 aliphatic rings. The van der Waals surface area contributed by atoms with Gasteiger partial charge in [0.05, 0.1) is 0 Å². The van der Waals surface area contributed by atoms with Gasteiger partial charge < -0.3 is 10.2 Å². The molecule has 6 heteroatoms. The van der Waals surface area contributed by atoms with E-state index in [2.05, 4.69) is 12.2 Å². The molecule has 0 bridgehead atoms. The van der Waals surface area contributed by atoms with Crippen molar-refractivity contribution < 1.29 is 4.79 Å². The Labute approximate surface area is 142 Å². The van der Waals surface area contributed by atoms with Crippen LogP contribution in [0, 0.1) is 5.92 Å². The van der Waals surface area contributed by atoms with Gasteiger partial charge in [-0.15, -0.1) is 12.4 Å². The zero-order chi connectivity index (χ0) is 14.7. The first kappa shape index (κ1) is 18.6. The summed E-state index contributed by atoms with van der Waals surface area (Å²) in [6, 6.07) is 5.81. The molecule has 0 unspecified atom stereocenters. The van der Waals surface area contributed by atoms with E-state index in [4.69, 9.17) is 23.2 Å². The van der Waals surface area contributed by atoms with E-state index >= 15 is 0 Å². The molecule has 0 aliphatic carbocycles. The maximum Gasteiger partial charge on any atom is 0.225 e. The molecule has 1 saturated heterocycles. The molecule has 2 atom stereocenters. The zero-order valence-electron chi connectivity index (χ0n) is 12.2. The summed E-state index contributed by atoms with van der Waals surface area (Å²) in [7, 11) is 1.84. The van der Waals surface area contributed by atoms with Crippen molar-refractivity contribution >= 4 is 41.5 Å². The van der Waals surface area contributed by atoms with Gasteiger partial charge in [0, 0.05) is 35.6 Å².